The molecule has 0 bridgehead atoms. The van der Waals surface area contributed by atoms with Crippen molar-refractivity contribution in [3.8, 4) is 0 Å². The van der Waals surface area contributed by atoms with Crippen molar-refractivity contribution in [2.24, 2.45) is 0 Å². The zero-order chi connectivity index (χ0) is 22.9. The molecule has 0 aromatic carbocycles. The highest BCUT2D eigenvalue weighted by Gasteiger charge is 2.48. The summed E-state index contributed by atoms with van der Waals surface area (Å²) >= 11 is 0. The smallest absolute Gasteiger partial charge is 0.344 e. The predicted molar refractivity (Wildman–Crippen MR) is 112 cm³/mol. The van der Waals surface area contributed by atoms with Gasteiger partial charge in [0.05, 0.1) is 12.7 Å². The lowest BCUT2D eigenvalue weighted by Crippen LogP contribution is -2.48. The Morgan fingerprint density at radius 1 is 1.16 bits per heavy atom. The second kappa shape index (κ2) is 11.8. The van der Waals surface area contributed by atoms with Gasteiger partial charge < -0.3 is 14.8 Å². The minimum Gasteiger partial charge on any atom is -0.351 e. The van der Waals surface area contributed by atoms with Gasteiger partial charge in [-0.2, -0.15) is 5.01 Å². The molecule has 0 saturated carbocycles. The first kappa shape index (κ1) is 24.7. The molecule has 2 heterocycles. The van der Waals surface area contributed by atoms with Crippen molar-refractivity contribution in [1.82, 2.24) is 30.7 Å². The third-order valence-corrected chi connectivity index (χ3v) is 5.07. The summed E-state index contributed by atoms with van der Waals surface area (Å²) in [4.78, 5) is 37.6. The fourth-order valence-electron chi connectivity index (χ4n) is 3.37. The summed E-state index contributed by atoms with van der Waals surface area (Å²) in [6.45, 7) is 8.70. The minimum absolute atomic E-state index is 0.0273. The molecule has 4 amide bonds. The first-order chi connectivity index (χ1) is 14.8. The Kier molecular flexibility index (Phi) is 9.38. The van der Waals surface area contributed by atoms with Crippen molar-refractivity contribution in [3.63, 3.8) is 0 Å². The van der Waals surface area contributed by atoms with Crippen LogP contribution in [0, 0.1) is 0 Å². The number of unbranched alkanes of at least 4 members (excludes halogenated alkanes) is 4. The standard InChI is InChI=1S/C20H34N6O5/c1-5-8-9-10-11-12-20(4)18(28)26(19(29)21-20)23-17(27)15-13-25(24-22-15)14-16(30-6-2)31-7-3/h13,16H,5-12,14H2,1-4H3,(H,21,29)(H,23,27). The molecule has 1 saturated heterocycles. The van der Waals surface area contributed by atoms with Crippen LogP contribution in [0.3, 0.4) is 0 Å². The second-order valence-corrected chi connectivity index (χ2v) is 7.67. The van der Waals surface area contributed by atoms with Crippen LogP contribution < -0.4 is 10.7 Å². The number of amides is 4. The summed E-state index contributed by atoms with van der Waals surface area (Å²) in [5.74, 6) is -1.19. The molecule has 1 aromatic rings. The summed E-state index contributed by atoms with van der Waals surface area (Å²) in [6, 6.07) is -0.658. The molecule has 1 aliphatic heterocycles. The summed E-state index contributed by atoms with van der Waals surface area (Å²) in [5, 5.41) is 11.1. The van der Waals surface area contributed by atoms with Crippen LogP contribution in [0.15, 0.2) is 6.20 Å². The molecule has 174 valence electrons. The highest BCUT2D eigenvalue weighted by atomic mass is 16.7. The molecule has 1 aromatic heterocycles. The van der Waals surface area contributed by atoms with Crippen LogP contribution >= 0.6 is 0 Å². The maximum absolute atomic E-state index is 12.8. The highest BCUT2D eigenvalue weighted by Crippen LogP contribution is 2.23. The van der Waals surface area contributed by atoms with Gasteiger partial charge in [0.15, 0.2) is 12.0 Å². The monoisotopic (exact) mass is 438 g/mol. The van der Waals surface area contributed by atoms with Crippen molar-refractivity contribution in [2.75, 3.05) is 13.2 Å². The molecule has 0 aliphatic carbocycles. The Morgan fingerprint density at radius 2 is 1.84 bits per heavy atom. The minimum atomic E-state index is -1.03. The average molecular weight is 439 g/mol. The molecule has 1 aliphatic rings. The van der Waals surface area contributed by atoms with E-state index >= 15 is 0 Å². The number of nitrogens with zero attached hydrogens (tertiary/aromatic N) is 4. The molecule has 1 atom stereocenters. The topological polar surface area (TPSA) is 128 Å². The lowest BCUT2D eigenvalue weighted by molar-refractivity contribution is -0.145. The highest BCUT2D eigenvalue weighted by molar-refractivity contribution is 6.08. The van der Waals surface area contributed by atoms with E-state index in [1.165, 1.54) is 10.9 Å². The van der Waals surface area contributed by atoms with E-state index in [4.69, 9.17) is 9.47 Å². The van der Waals surface area contributed by atoms with E-state index < -0.39 is 29.7 Å². The summed E-state index contributed by atoms with van der Waals surface area (Å²) < 4.78 is 12.3. The van der Waals surface area contributed by atoms with Crippen LogP contribution in [0.1, 0.15) is 76.7 Å². The molecule has 0 spiro atoms. The molecule has 11 heteroatoms. The largest absolute Gasteiger partial charge is 0.351 e. The zero-order valence-corrected chi connectivity index (χ0v) is 18.8. The number of rotatable bonds is 14. The molecule has 1 unspecified atom stereocenters. The van der Waals surface area contributed by atoms with Gasteiger partial charge in [0.1, 0.15) is 5.54 Å². The van der Waals surface area contributed by atoms with Crippen LogP contribution in [-0.4, -0.2) is 62.9 Å². The Balaban J connectivity index is 1.93. The number of hydrogen-bond donors (Lipinski definition) is 2. The first-order valence-corrected chi connectivity index (χ1v) is 11.0. The van der Waals surface area contributed by atoms with Crippen molar-refractivity contribution >= 4 is 17.8 Å². The average Bonchev–Trinajstić information content (AvgIpc) is 3.27. The maximum atomic E-state index is 12.8. The van der Waals surface area contributed by atoms with Gasteiger partial charge in [-0.15, -0.1) is 5.10 Å². The number of nitrogens with one attached hydrogen (secondary N) is 2. The van der Waals surface area contributed by atoms with Gasteiger partial charge >= 0.3 is 6.03 Å². The van der Waals surface area contributed by atoms with Crippen molar-refractivity contribution < 1.29 is 23.9 Å². The molecule has 1 fully saturated rings. The Morgan fingerprint density at radius 3 is 2.48 bits per heavy atom. The number of hydrazine groups is 1. The Labute approximate surface area is 182 Å². The number of ether oxygens (including phenoxy) is 2. The molecule has 2 N–H and O–H groups in total. The fraction of sp³-hybridized carbons (Fsp3) is 0.750. The molecule has 31 heavy (non-hydrogen) atoms. The second-order valence-electron chi connectivity index (χ2n) is 7.67. The predicted octanol–water partition coefficient (Wildman–Crippen LogP) is 1.99. The van der Waals surface area contributed by atoms with Crippen molar-refractivity contribution in [1.29, 1.82) is 0 Å². The third kappa shape index (κ3) is 6.73. The van der Waals surface area contributed by atoms with Crippen LogP contribution in [-0.2, 0) is 20.8 Å². The van der Waals surface area contributed by atoms with Gasteiger partial charge in [-0.05, 0) is 27.2 Å². The van der Waals surface area contributed by atoms with Gasteiger partial charge in [0.25, 0.3) is 11.8 Å². The van der Waals surface area contributed by atoms with Gasteiger partial charge in [0.2, 0.25) is 0 Å². The van der Waals surface area contributed by atoms with Crippen molar-refractivity contribution in [2.45, 2.75) is 84.6 Å². The third-order valence-electron chi connectivity index (χ3n) is 5.07. The molecule has 11 nitrogen and oxygen atoms in total. The molecule has 2 rings (SSSR count). The zero-order valence-electron chi connectivity index (χ0n) is 18.8. The fourth-order valence-corrected chi connectivity index (χ4v) is 3.37. The lowest BCUT2D eigenvalue weighted by Gasteiger charge is -2.21. The maximum Gasteiger partial charge on any atom is 0.344 e. The lowest BCUT2D eigenvalue weighted by atomic mass is 9.94. The van der Waals surface area contributed by atoms with E-state index in [9.17, 15) is 14.4 Å². The van der Waals surface area contributed by atoms with Crippen molar-refractivity contribution in [3.05, 3.63) is 11.9 Å². The molecular formula is C20H34N6O5. The first-order valence-electron chi connectivity index (χ1n) is 11.0. The van der Waals surface area contributed by atoms with Crippen LogP contribution in [0.5, 0.6) is 0 Å². The molecule has 0 radical (unpaired) electrons. The van der Waals surface area contributed by atoms with Crippen LogP contribution in [0.25, 0.3) is 0 Å². The van der Waals surface area contributed by atoms with E-state index in [2.05, 4.69) is 28.0 Å². The number of carbonyl (C=O) groups is 3. The number of imide groups is 1. The van der Waals surface area contributed by atoms with Gasteiger partial charge in [-0.25, -0.2) is 9.48 Å². The van der Waals surface area contributed by atoms with Gasteiger partial charge in [-0.3, -0.25) is 15.0 Å². The van der Waals surface area contributed by atoms with E-state index in [0.29, 0.717) is 19.6 Å². The quantitative estimate of drug-likeness (QED) is 0.258. The number of carbonyl (C=O) groups excluding carboxylic acids is 3. The normalized spacial score (nSPS) is 18.7. The summed E-state index contributed by atoms with van der Waals surface area (Å²) in [5.41, 5.74) is 1.27. The number of hydrogen-bond acceptors (Lipinski definition) is 7. The summed E-state index contributed by atoms with van der Waals surface area (Å²) in [6.07, 6.45) is 6.60. The summed E-state index contributed by atoms with van der Waals surface area (Å²) in [7, 11) is 0. The van der Waals surface area contributed by atoms with Crippen LogP contribution in [0.2, 0.25) is 0 Å². The van der Waals surface area contributed by atoms with E-state index in [0.717, 1.165) is 37.1 Å². The van der Waals surface area contributed by atoms with Crippen LogP contribution in [0.4, 0.5) is 4.79 Å². The Hall–Kier alpha value is -2.53. The van der Waals surface area contributed by atoms with Gasteiger partial charge in [0, 0.05) is 13.2 Å². The Bertz CT molecular complexity index is 748. The van der Waals surface area contributed by atoms with E-state index in [-0.39, 0.29) is 12.2 Å². The van der Waals surface area contributed by atoms with E-state index in [1.54, 1.807) is 6.92 Å². The van der Waals surface area contributed by atoms with E-state index in [1.807, 2.05) is 13.8 Å². The van der Waals surface area contributed by atoms with Gasteiger partial charge in [-0.1, -0.05) is 44.2 Å². The number of urea groups is 1. The molecular weight excluding hydrogens is 404 g/mol. The number of aromatic nitrogens is 3. The SMILES string of the molecule is CCCCCCCC1(C)NC(=O)N(NC(=O)c2cn(CC(OCC)OCC)nn2)C1=O.